The number of hydrogen-bond acceptors (Lipinski definition) is 2. The molecule has 270 valence electrons. The standard InChI is InChI=1S/C54H44N2/c1-53(2)49-27-26-44(34-48(49)47-32-39-14-12-13-15-40(39)33-52(47)53)56(43-20-10-5-11-21-43)46-25-23-38-29-31-54(51(38)36-46)30-28-37-22-24-45(35-50(37)54)55(41-16-6-3-7-17-41)42-18-8-4-9-19-42/h3-27,32-36H,28-31H2,1-2H3/t54-/m1/s1. The Labute approximate surface area is 330 Å². The van der Waals surface area contributed by atoms with Crippen LogP contribution >= 0.6 is 0 Å². The molecule has 1 atom stereocenters. The SMILES string of the molecule is CC1(C)c2ccc(N(c3ccccc3)c3ccc4c(c3)[C@]3(CCc5ccc(N(c6ccccc6)c6ccccc6)cc53)CC4)cc2-c2cc3ccccc3cc21. The fourth-order valence-corrected chi connectivity index (χ4v) is 10.4. The Morgan fingerprint density at radius 1 is 0.357 bits per heavy atom. The number of aryl methyl sites for hydroxylation is 2. The van der Waals surface area contributed by atoms with Gasteiger partial charge in [-0.15, -0.1) is 0 Å². The number of hydrogen-bond donors (Lipinski definition) is 0. The van der Waals surface area contributed by atoms with Crippen LogP contribution in [0.4, 0.5) is 34.1 Å². The highest BCUT2D eigenvalue weighted by atomic mass is 15.1. The number of para-hydroxylation sites is 3. The van der Waals surface area contributed by atoms with Crippen molar-refractivity contribution in [1.29, 1.82) is 0 Å². The van der Waals surface area contributed by atoms with Gasteiger partial charge in [0.25, 0.3) is 0 Å². The smallest absolute Gasteiger partial charge is 0.0468 e. The normalized spacial score (nSPS) is 17.0. The Hall–Kier alpha value is -6.38. The molecule has 0 aromatic heterocycles. The third-order valence-corrected chi connectivity index (χ3v) is 13.2. The van der Waals surface area contributed by atoms with Crippen LogP contribution in [0.15, 0.2) is 182 Å². The van der Waals surface area contributed by atoms with E-state index in [1.165, 1.54) is 89.4 Å². The predicted molar refractivity (Wildman–Crippen MR) is 235 cm³/mol. The highest BCUT2D eigenvalue weighted by Gasteiger charge is 2.45. The third kappa shape index (κ3) is 5.02. The lowest BCUT2D eigenvalue weighted by Crippen LogP contribution is -2.22. The molecule has 0 unspecified atom stereocenters. The van der Waals surface area contributed by atoms with E-state index in [0.717, 1.165) is 25.7 Å². The zero-order valence-electron chi connectivity index (χ0n) is 32.0. The second-order valence-corrected chi connectivity index (χ2v) is 16.5. The zero-order valence-corrected chi connectivity index (χ0v) is 32.0. The molecule has 8 aromatic rings. The molecular formula is C54H44N2. The summed E-state index contributed by atoms with van der Waals surface area (Å²) >= 11 is 0. The van der Waals surface area contributed by atoms with Crippen molar-refractivity contribution in [1.82, 2.24) is 0 Å². The Balaban J connectivity index is 1.04. The Morgan fingerprint density at radius 2 is 0.786 bits per heavy atom. The highest BCUT2D eigenvalue weighted by molar-refractivity contribution is 5.95. The van der Waals surface area contributed by atoms with Gasteiger partial charge in [-0.05, 0) is 166 Å². The molecule has 0 amide bonds. The molecule has 3 aliphatic carbocycles. The fourth-order valence-electron chi connectivity index (χ4n) is 10.4. The van der Waals surface area contributed by atoms with Gasteiger partial charge in [0.1, 0.15) is 0 Å². The van der Waals surface area contributed by atoms with Crippen molar-refractivity contribution in [2.24, 2.45) is 0 Å². The number of rotatable bonds is 6. The van der Waals surface area contributed by atoms with Gasteiger partial charge in [-0.3, -0.25) is 0 Å². The largest absolute Gasteiger partial charge is 0.310 e. The van der Waals surface area contributed by atoms with Crippen molar-refractivity contribution in [3.05, 3.63) is 215 Å². The van der Waals surface area contributed by atoms with E-state index in [1.54, 1.807) is 0 Å². The van der Waals surface area contributed by atoms with Gasteiger partial charge in [0.15, 0.2) is 0 Å². The maximum absolute atomic E-state index is 2.54. The first-order valence-electron chi connectivity index (χ1n) is 20.2. The fraction of sp³-hybridized carbons (Fsp3) is 0.148. The average molecular weight is 721 g/mol. The minimum atomic E-state index is -0.0733. The van der Waals surface area contributed by atoms with E-state index < -0.39 is 0 Å². The van der Waals surface area contributed by atoms with Crippen LogP contribution in [0, 0.1) is 0 Å². The Morgan fingerprint density at radius 3 is 1.32 bits per heavy atom. The molecule has 0 aliphatic heterocycles. The van der Waals surface area contributed by atoms with Crippen molar-refractivity contribution in [2.45, 2.75) is 50.4 Å². The number of anilines is 6. The molecule has 0 N–H and O–H groups in total. The van der Waals surface area contributed by atoms with Gasteiger partial charge in [-0.1, -0.05) is 111 Å². The van der Waals surface area contributed by atoms with Gasteiger partial charge in [0.2, 0.25) is 0 Å². The first-order valence-corrected chi connectivity index (χ1v) is 20.2. The summed E-state index contributed by atoms with van der Waals surface area (Å²) in [7, 11) is 0. The van der Waals surface area contributed by atoms with Crippen LogP contribution in [-0.4, -0.2) is 0 Å². The summed E-state index contributed by atoms with van der Waals surface area (Å²) in [6, 6.07) is 67.9. The van der Waals surface area contributed by atoms with Crippen LogP contribution in [0.3, 0.4) is 0 Å². The molecule has 3 aliphatic rings. The third-order valence-electron chi connectivity index (χ3n) is 13.2. The van der Waals surface area contributed by atoms with Crippen molar-refractivity contribution in [3.63, 3.8) is 0 Å². The average Bonchev–Trinajstić information content (AvgIpc) is 3.88. The van der Waals surface area contributed by atoms with Gasteiger partial charge in [-0.25, -0.2) is 0 Å². The molecule has 8 aromatic carbocycles. The molecule has 56 heavy (non-hydrogen) atoms. The van der Waals surface area contributed by atoms with E-state index in [4.69, 9.17) is 0 Å². The molecular weight excluding hydrogens is 677 g/mol. The number of nitrogens with zero attached hydrogens (tertiary/aromatic N) is 2. The van der Waals surface area contributed by atoms with Crippen LogP contribution in [0.1, 0.15) is 60.1 Å². The molecule has 1 spiro atoms. The predicted octanol–water partition coefficient (Wildman–Crippen LogP) is 14.3. The molecule has 0 saturated heterocycles. The van der Waals surface area contributed by atoms with E-state index in [2.05, 4.69) is 206 Å². The van der Waals surface area contributed by atoms with Gasteiger partial charge >= 0.3 is 0 Å². The monoisotopic (exact) mass is 720 g/mol. The van der Waals surface area contributed by atoms with Crippen molar-refractivity contribution in [3.8, 4) is 11.1 Å². The van der Waals surface area contributed by atoms with Gasteiger partial charge in [0, 0.05) is 45.0 Å². The molecule has 0 bridgehead atoms. The van der Waals surface area contributed by atoms with Crippen molar-refractivity contribution < 1.29 is 0 Å². The van der Waals surface area contributed by atoms with Gasteiger partial charge in [-0.2, -0.15) is 0 Å². The van der Waals surface area contributed by atoms with E-state index >= 15 is 0 Å². The molecule has 0 saturated carbocycles. The van der Waals surface area contributed by atoms with Crippen molar-refractivity contribution in [2.75, 3.05) is 9.80 Å². The van der Waals surface area contributed by atoms with Crippen LogP contribution in [-0.2, 0) is 23.7 Å². The molecule has 2 heteroatoms. The summed E-state index contributed by atoms with van der Waals surface area (Å²) in [5.74, 6) is 0. The first kappa shape index (κ1) is 33.0. The summed E-state index contributed by atoms with van der Waals surface area (Å²) in [4.78, 5) is 4.89. The zero-order chi connectivity index (χ0) is 37.4. The van der Waals surface area contributed by atoms with E-state index in [1.807, 2.05) is 0 Å². The van der Waals surface area contributed by atoms with E-state index in [-0.39, 0.29) is 10.8 Å². The number of benzene rings is 8. The Bertz CT molecular complexity index is 2740. The minimum absolute atomic E-state index is 0.0138. The summed E-state index contributed by atoms with van der Waals surface area (Å²) < 4.78 is 0. The summed E-state index contributed by atoms with van der Waals surface area (Å²) in [6.07, 6.45) is 4.49. The molecule has 0 heterocycles. The molecule has 0 radical (unpaired) electrons. The van der Waals surface area contributed by atoms with Crippen LogP contribution < -0.4 is 9.80 Å². The lowest BCUT2D eigenvalue weighted by molar-refractivity contribution is 0.507. The maximum Gasteiger partial charge on any atom is 0.0468 e. The quantitative estimate of drug-likeness (QED) is 0.169. The lowest BCUT2D eigenvalue weighted by atomic mass is 9.76. The van der Waals surface area contributed by atoms with Crippen LogP contribution in [0.5, 0.6) is 0 Å². The number of fused-ring (bicyclic) bond motifs is 8. The molecule has 0 fully saturated rings. The van der Waals surface area contributed by atoms with Crippen LogP contribution in [0.2, 0.25) is 0 Å². The summed E-state index contributed by atoms with van der Waals surface area (Å²) in [5.41, 5.74) is 18.5. The van der Waals surface area contributed by atoms with Gasteiger partial charge < -0.3 is 9.80 Å². The van der Waals surface area contributed by atoms with Crippen molar-refractivity contribution >= 4 is 44.9 Å². The maximum atomic E-state index is 2.54. The second kappa shape index (κ2) is 12.6. The van der Waals surface area contributed by atoms with E-state index in [0.29, 0.717) is 0 Å². The Kier molecular flexibility index (Phi) is 7.41. The molecule has 11 rings (SSSR count). The second-order valence-electron chi connectivity index (χ2n) is 16.5. The van der Waals surface area contributed by atoms with Crippen LogP contribution in [0.25, 0.3) is 21.9 Å². The topological polar surface area (TPSA) is 6.48 Å². The summed E-state index contributed by atoms with van der Waals surface area (Å²) in [6.45, 7) is 4.76. The lowest BCUT2D eigenvalue weighted by Gasteiger charge is -2.32. The minimum Gasteiger partial charge on any atom is -0.310 e. The summed E-state index contributed by atoms with van der Waals surface area (Å²) in [5, 5.41) is 2.60. The van der Waals surface area contributed by atoms with Gasteiger partial charge in [0.05, 0.1) is 0 Å². The first-order chi connectivity index (χ1) is 27.5. The highest BCUT2D eigenvalue weighted by Crippen LogP contribution is 2.56. The van der Waals surface area contributed by atoms with E-state index in [9.17, 15) is 0 Å². The molecule has 2 nitrogen and oxygen atoms in total.